The maximum atomic E-state index is 5.97. The Labute approximate surface area is 111 Å². The van der Waals surface area contributed by atoms with E-state index in [1.807, 2.05) is 0 Å². The Morgan fingerprint density at radius 1 is 1.11 bits per heavy atom. The van der Waals surface area contributed by atoms with E-state index in [2.05, 4.69) is 36.5 Å². The first-order valence-electron chi connectivity index (χ1n) is 7.33. The zero-order valence-electron chi connectivity index (χ0n) is 11.5. The smallest absolute Gasteiger partial charge is 0.0411 e. The van der Waals surface area contributed by atoms with Crippen molar-refractivity contribution in [3.8, 4) is 0 Å². The Morgan fingerprint density at radius 2 is 1.72 bits per heavy atom. The number of rotatable bonds is 4. The molecule has 0 bridgehead atoms. The third-order valence-corrected chi connectivity index (χ3v) is 4.13. The normalized spacial score (nSPS) is 19.2. The third kappa shape index (κ3) is 3.74. The van der Waals surface area contributed by atoms with E-state index < -0.39 is 0 Å². The Balaban J connectivity index is 1.97. The van der Waals surface area contributed by atoms with Gasteiger partial charge in [-0.3, -0.25) is 0 Å². The van der Waals surface area contributed by atoms with Crippen LogP contribution in [0.4, 0.5) is 5.69 Å². The summed E-state index contributed by atoms with van der Waals surface area (Å²) in [5, 5.41) is 3.63. The lowest BCUT2D eigenvalue weighted by Crippen LogP contribution is -2.36. The van der Waals surface area contributed by atoms with Crippen molar-refractivity contribution in [1.29, 1.82) is 0 Å². The summed E-state index contributed by atoms with van der Waals surface area (Å²) >= 11 is 0. The van der Waals surface area contributed by atoms with Gasteiger partial charge in [0.1, 0.15) is 0 Å². The molecule has 3 N–H and O–H groups in total. The third-order valence-electron chi connectivity index (χ3n) is 4.13. The summed E-state index contributed by atoms with van der Waals surface area (Å²) in [6.45, 7) is 2.86. The minimum atomic E-state index is 0.436. The summed E-state index contributed by atoms with van der Waals surface area (Å²) < 4.78 is 0. The van der Waals surface area contributed by atoms with Gasteiger partial charge in [-0.25, -0.2) is 0 Å². The van der Waals surface area contributed by atoms with Gasteiger partial charge in [0.2, 0.25) is 0 Å². The number of anilines is 1. The predicted molar refractivity (Wildman–Crippen MR) is 78.8 cm³/mol. The Bertz CT molecular complexity index is 337. The Kier molecular flexibility index (Phi) is 5.06. The lowest BCUT2D eigenvalue weighted by atomic mass is 9.91. The van der Waals surface area contributed by atoms with Gasteiger partial charge >= 0.3 is 0 Å². The molecule has 1 aliphatic carbocycles. The largest absolute Gasteiger partial charge is 0.381 e. The second-order valence-corrected chi connectivity index (χ2v) is 5.60. The molecule has 0 aromatic heterocycles. The Morgan fingerprint density at radius 3 is 2.28 bits per heavy atom. The van der Waals surface area contributed by atoms with Crippen LogP contribution in [0.15, 0.2) is 24.3 Å². The van der Waals surface area contributed by atoms with Crippen LogP contribution in [0.1, 0.15) is 44.1 Å². The van der Waals surface area contributed by atoms with E-state index in [0.717, 1.165) is 12.5 Å². The van der Waals surface area contributed by atoms with E-state index >= 15 is 0 Å². The lowest BCUT2D eigenvalue weighted by molar-refractivity contribution is 0.398. The second kappa shape index (κ2) is 6.79. The van der Waals surface area contributed by atoms with Crippen LogP contribution in [0.3, 0.4) is 0 Å². The van der Waals surface area contributed by atoms with Crippen LogP contribution in [-0.2, 0) is 0 Å². The van der Waals surface area contributed by atoms with E-state index in [1.165, 1.54) is 49.8 Å². The minimum Gasteiger partial charge on any atom is -0.381 e. The molecule has 1 aliphatic rings. The zero-order chi connectivity index (χ0) is 12.8. The van der Waals surface area contributed by atoms with Gasteiger partial charge < -0.3 is 11.1 Å². The van der Waals surface area contributed by atoms with Gasteiger partial charge in [0.25, 0.3) is 0 Å². The molecule has 1 unspecified atom stereocenters. The SMILES string of the molecule is Cc1ccc(NC(CN)C2CCCCCC2)cc1. The van der Waals surface area contributed by atoms with Crippen molar-refractivity contribution in [2.45, 2.75) is 51.5 Å². The van der Waals surface area contributed by atoms with Crippen molar-refractivity contribution in [2.75, 3.05) is 11.9 Å². The van der Waals surface area contributed by atoms with Crippen LogP contribution in [0.5, 0.6) is 0 Å². The fourth-order valence-electron chi connectivity index (χ4n) is 2.95. The molecular weight excluding hydrogens is 220 g/mol. The van der Waals surface area contributed by atoms with Crippen LogP contribution in [0.25, 0.3) is 0 Å². The zero-order valence-corrected chi connectivity index (χ0v) is 11.5. The molecular formula is C16H26N2. The highest BCUT2D eigenvalue weighted by Gasteiger charge is 2.21. The van der Waals surface area contributed by atoms with E-state index in [0.29, 0.717) is 6.04 Å². The molecule has 0 saturated heterocycles. The molecule has 1 atom stereocenters. The molecule has 1 saturated carbocycles. The van der Waals surface area contributed by atoms with Crippen LogP contribution in [-0.4, -0.2) is 12.6 Å². The van der Waals surface area contributed by atoms with E-state index in [9.17, 15) is 0 Å². The average Bonchev–Trinajstić information content (AvgIpc) is 2.67. The van der Waals surface area contributed by atoms with Gasteiger partial charge in [-0.05, 0) is 37.8 Å². The average molecular weight is 246 g/mol. The summed E-state index contributed by atoms with van der Waals surface area (Å²) in [5.41, 5.74) is 8.48. The molecule has 2 rings (SSSR count). The number of hydrogen-bond donors (Lipinski definition) is 2. The number of hydrogen-bond acceptors (Lipinski definition) is 2. The summed E-state index contributed by atoms with van der Waals surface area (Å²) in [5.74, 6) is 0.749. The highest BCUT2D eigenvalue weighted by Crippen LogP contribution is 2.27. The monoisotopic (exact) mass is 246 g/mol. The Hall–Kier alpha value is -1.02. The molecule has 100 valence electrons. The van der Waals surface area contributed by atoms with Crippen LogP contribution < -0.4 is 11.1 Å². The van der Waals surface area contributed by atoms with Crippen molar-refractivity contribution >= 4 is 5.69 Å². The molecule has 0 amide bonds. The topological polar surface area (TPSA) is 38.0 Å². The first-order chi connectivity index (χ1) is 8.79. The van der Waals surface area contributed by atoms with Crippen LogP contribution in [0, 0.1) is 12.8 Å². The highest BCUT2D eigenvalue weighted by atomic mass is 14.9. The number of benzene rings is 1. The second-order valence-electron chi connectivity index (χ2n) is 5.60. The van der Waals surface area contributed by atoms with Crippen molar-refractivity contribution in [3.05, 3.63) is 29.8 Å². The summed E-state index contributed by atoms with van der Waals surface area (Å²) in [6.07, 6.45) is 8.21. The fourth-order valence-corrected chi connectivity index (χ4v) is 2.95. The predicted octanol–water partition coefficient (Wildman–Crippen LogP) is 3.70. The van der Waals surface area contributed by atoms with Gasteiger partial charge in [0.15, 0.2) is 0 Å². The molecule has 0 radical (unpaired) electrons. The fraction of sp³-hybridized carbons (Fsp3) is 0.625. The highest BCUT2D eigenvalue weighted by molar-refractivity contribution is 5.45. The summed E-state index contributed by atoms with van der Waals surface area (Å²) in [6, 6.07) is 9.07. The molecule has 1 aromatic carbocycles. The minimum absolute atomic E-state index is 0.436. The van der Waals surface area contributed by atoms with Gasteiger partial charge in [-0.1, -0.05) is 43.4 Å². The summed E-state index contributed by atoms with van der Waals surface area (Å²) in [7, 11) is 0. The molecule has 2 nitrogen and oxygen atoms in total. The first kappa shape index (κ1) is 13.4. The molecule has 0 aliphatic heterocycles. The van der Waals surface area contributed by atoms with Gasteiger partial charge in [0, 0.05) is 18.3 Å². The van der Waals surface area contributed by atoms with E-state index in [1.54, 1.807) is 0 Å². The van der Waals surface area contributed by atoms with Crippen molar-refractivity contribution in [2.24, 2.45) is 11.7 Å². The van der Waals surface area contributed by atoms with Gasteiger partial charge in [-0.15, -0.1) is 0 Å². The van der Waals surface area contributed by atoms with Crippen molar-refractivity contribution in [3.63, 3.8) is 0 Å². The quantitative estimate of drug-likeness (QED) is 0.795. The molecule has 2 heteroatoms. The summed E-state index contributed by atoms with van der Waals surface area (Å²) in [4.78, 5) is 0. The lowest BCUT2D eigenvalue weighted by Gasteiger charge is -2.27. The standard InChI is InChI=1S/C16H26N2/c1-13-8-10-15(11-9-13)18-16(12-17)14-6-4-2-3-5-7-14/h8-11,14,16,18H,2-7,12,17H2,1H3. The van der Waals surface area contributed by atoms with Crippen molar-refractivity contribution in [1.82, 2.24) is 0 Å². The van der Waals surface area contributed by atoms with Gasteiger partial charge in [-0.2, -0.15) is 0 Å². The van der Waals surface area contributed by atoms with Crippen LogP contribution >= 0.6 is 0 Å². The molecule has 0 heterocycles. The van der Waals surface area contributed by atoms with E-state index in [4.69, 9.17) is 5.73 Å². The molecule has 0 spiro atoms. The van der Waals surface area contributed by atoms with Crippen LogP contribution in [0.2, 0.25) is 0 Å². The molecule has 1 aromatic rings. The van der Waals surface area contributed by atoms with Crippen molar-refractivity contribution < 1.29 is 0 Å². The number of nitrogens with one attached hydrogen (secondary N) is 1. The maximum Gasteiger partial charge on any atom is 0.0411 e. The molecule has 18 heavy (non-hydrogen) atoms. The van der Waals surface area contributed by atoms with Gasteiger partial charge in [0.05, 0.1) is 0 Å². The maximum absolute atomic E-state index is 5.97. The van der Waals surface area contributed by atoms with E-state index in [-0.39, 0.29) is 0 Å². The number of aryl methyl sites for hydroxylation is 1. The molecule has 1 fully saturated rings. The number of nitrogens with two attached hydrogens (primary N) is 1. The first-order valence-corrected chi connectivity index (χ1v) is 7.33.